The predicted octanol–water partition coefficient (Wildman–Crippen LogP) is 5.79. The highest BCUT2D eigenvalue weighted by atomic mass is 32.1. The molecule has 7 heteroatoms. The van der Waals surface area contributed by atoms with Gasteiger partial charge in [0.15, 0.2) is 5.76 Å². The van der Waals surface area contributed by atoms with Crippen molar-refractivity contribution in [1.82, 2.24) is 4.68 Å². The summed E-state index contributed by atoms with van der Waals surface area (Å²) in [4.78, 5) is 5.42. The van der Waals surface area contributed by atoms with Crippen LogP contribution in [0.2, 0.25) is 0 Å². The van der Waals surface area contributed by atoms with Crippen LogP contribution in [0, 0.1) is 0 Å². The summed E-state index contributed by atoms with van der Waals surface area (Å²) in [7, 11) is 1.58. The Morgan fingerprint density at radius 1 is 1.00 bits per heavy atom. The van der Waals surface area contributed by atoms with Crippen LogP contribution in [0.1, 0.15) is 5.56 Å². The van der Waals surface area contributed by atoms with Crippen molar-refractivity contribution in [3.8, 4) is 23.0 Å². The van der Waals surface area contributed by atoms with Gasteiger partial charge in [0, 0.05) is 16.3 Å². The molecule has 32 heavy (non-hydrogen) atoms. The maximum absolute atomic E-state index is 10.2. The van der Waals surface area contributed by atoms with Gasteiger partial charge in [0.1, 0.15) is 22.8 Å². The van der Waals surface area contributed by atoms with Crippen LogP contribution >= 0.6 is 11.3 Å². The number of methoxy groups -OCH3 is 1. The van der Waals surface area contributed by atoms with Crippen molar-refractivity contribution < 1.29 is 14.3 Å². The molecule has 5 rings (SSSR count). The van der Waals surface area contributed by atoms with Crippen LogP contribution < -0.4 is 9.54 Å². The average Bonchev–Trinajstić information content (AvgIpc) is 3.43. The highest BCUT2D eigenvalue weighted by molar-refractivity contribution is 7.07. The molecule has 0 saturated carbocycles. The number of phenols is 1. The Morgan fingerprint density at radius 3 is 2.62 bits per heavy atom. The Bertz CT molecular complexity index is 1450. The first-order chi connectivity index (χ1) is 15.7. The molecule has 0 saturated heterocycles. The number of aromatic hydroxyl groups is 1. The Kier molecular flexibility index (Phi) is 5.31. The molecule has 1 N–H and O–H groups in total. The number of nitrogens with zero attached hydrogens (tertiary/aromatic N) is 3. The van der Waals surface area contributed by atoms with Crippen molar-refractivity contribution in [2.45, 2.75) is 0 Å². The van der Waals surface area contributed by atoms with E-state index in [0.29, 0.717) is 21.9 Å². The summed E-state index contributed by atoms with van der Waals surface area (Å²) < 4.78 is 13.1. The third-order valence-electron chi connectivity index (χ3n) is 4.89. The normalized spacial score (nSPS) is 12.1. The molecule has 0 fully saturated rings. The third-order valence-corrected chi connectivity index (χ3v) is 5.71. The van der Waals surface area contributed by atoms with Crippen molar-refractivity contribution >= 4 is 34.2 Å². The minimum absolute atomic E-state index is 0.109. The Labute approximate surface area is 188 Å². The summed E-state index contributed by atoms with van der Waals surface area (Å²) >= 11 is 1.46. The number of ether oxygens (including phenoxy) is 1. The lowest BCUT2D eigenvalue weighted by Crippen LogP contribution is -2.11. The quantitative estimate of drug-likeness (QED) is 0.351. The molecule has 6 nitrogen and oxygen atoms in total. The molecule has 0 atom stereocenters. The molecule has 3 aromatic carbocycles. The van der Waals surface area contributed by atoms with E-state index in [9.17, 15) is 5.11 Å². The first kappa shape index (κ1) is 19.8. The van der Waals surface area contributed by atoms with Crippen LogP contribution in [0.4, 0.5) is 5.69 Å². The number of phenolic OH excluding ortho intramolecular Hbond substituents is 1. The molecule has 2 heterocycles. The second kappa shape index (κ2) is 8.56. The van der Waals surface area contributed by atoms with Crippen molar-refractivity contribution in [3.05, 3.63) is 94.6 Å². The highest BCUT2D eigenvalue weighted by Crippen LogP contribution is 2.28. The molecule has 158 valence electrons. The lowest BCUT2D eigenvalue weighted by Gasteiger charge is -2.04. The van der Waals surface area contributed by atoms with E-state index < -0.39 is 0 Å². The molecule has 0 aliphatic rings. The number of hydrogen-bond donors (Lipinski definition) is 1. The number of aromatic nitrogens is 1. The van der Waals surface area contributed by atoms with Gasteiger partial charge >= 0.3 is 0 Å². The number of benzene rings is 3. The highest BCUT2D eigenvalue weighted by Gasteiger charge is 2.13. The van der Waals surface area contributed by atoms with Crippen LogP contribution in [0.15, 0.2) is 98.8 Å². The molecule has 0 bridgehead atoms. The third kappa shape index (κ3) is 3.93. The summed E-state index contributed by atoms with van der Waals surface area (Å²) in [5.74, 6) is 1.42. The van der Waals surface area contributed by atoms with Gasteiger partial charge < -0.3 is 14.3 Å². The number of furan rings is 1. The summed E-state index contributed by atoms with van der Waals surface area (Å²) in [6, 6.07) is 24.5. The molecule has 0 aliphatic carbocycles. The second-order valence-electron chi connectivity index (χ2n) is 6.98. The van der Waals surface area contributed by atoms with Gasteiger partial charge in [0.05, 0.1) is 19.0 Å². The Balaban J connectivity index is 1.66. The first-order valence-corrected chi connectivity index (χ1v) is 10.8. The Hall–Kier alpha value is -4.10. The second-order valence-corrected chi connectivity index (χ2v) is 7.82. The fourth-order valence-electron chi connectivity index (χ4n) is 3.26. The monoisotopic (exact) mass is 441 g/mol. The zero-order chi connectivity index (χ0) is 21.9. The van der Waals surface area contributed by atoms with E-state index in [1.54, 1.807) is 36.2 Å². The van der Waals surface area contributed by atoms with Gasteiger partial charge in [0.2, 0.25) is 4.80 Å². The van der Waals surface area contributed by atoms with Gasteiger partial charge in [-0.15, -0.1) is 11.3 Å². The summed E-state index contributed by atoms with van der Waals surface area (Å²) in [5.41, 5.74) is 2.92. The molecule has 2 aromatic heterocycles. The fraction of sp³-hybridized carbons (Fsp3) is 0.0400. The minimum Gasteiger partial charge on any atom is -0.507 e. The van der Waals surface area contributed by atoms with E-state index in [-0.39, 0.29) is 5.75 Å². The van der Waals surface area contributed by atoms with Crippen LogP contribution in [-0.4, -0.2) is 23.1 Å². The number of hydrogen-bond acceptors (Lipinski definition) is 6. The van der Waals surface area contributed by atoms with Crippen LogP contribution in [0.5, 0.6) is 11.5 Å². The van der Waals surface area contributed by atoms with Gasteiger partial charge in [-0.25, -0.2) is 9.67 Å². The van der Waals surface area contributed by atoms with E-state index in [2.05, 4.69) is 5.10 Å². The SMILES string of the molecule is COc1ccc(O)c(C=Nn2c(-c3cc4ccccc4o3)csc2=Nc2ccccc2)c1. The fourth-order valence-corrected chi connectivity index (χ4v) is 4.10. The largest absolute Gasteiger partial charge is 0.507 e. The standard InChI is InChI=1S/C25H19N3O3S/c1-30-20-11-12-22(29)18(13-20)15-26-28-21(24-14-17-7-5-6-10-23(17)31-24)16-32-25(28)27-19-8-3-2-4-9-19/h2-16,29H,1H3. The minimum atomic E-state index is 0.109. The zero-order valence-electron chi connectivity index (χ0n) is 17.2. The lowest BCUT2D eigenvalue weighted by molar-refractivity contribution is 0.412. The van der Waals surface area contributed by atoms with Crippen molar-refractivity contribution in [1.29, 1.82) is 0 Å². The molecular weight excluding hydrogens is 422 g/mol. The van der Waals surface area contributed by atoms with E-state index >= 15 is 0 Å². The van der Waals surface area contributed by atoms with E-state index in [1.165, 1.54) is 11.3 Å². The zero-order valence-corrected chi connectivity index (χ0v) is 18.0. The maximum Gasteiger partial charge on any atom is 0.211 e. The van der Waals surface area contributed by atoms with E-state index in [0.717, 1.165) is 22.4 Å². The average molecular weight is 442 g/mol. The van der Waals surface area contributed by atoms with Crippen molar-refractivity contribution in [3.63, 3.8) is 0 Å². The number of rotatable bonds is 5. The van der Waals surface area contributed by atoms with Gasteiger partial charge in [-0.1, -0.05) is 36.4 Å². The maximum atomic E-state index is 10.2. The van der Waals surface area contributed by atoms with Gasteiger partial charge in [-0.05, 0) is 42.5 Å². The van der Waals surface area contributed by atoms with E-state index in [4.69, 9.17) is 14.1 Å². The van der Waals surface area contributed by atoms with Crippen molar-refractivity contribution in [2.24, 2.45) is 10.1 Å². The van der Waals surface area contributed by atoms with Crippen LogP contribution in [-0.2, 0) is 0 Å². The summed E-state index contributed by atoms with van der Waals surface area (Å²) in [6.07, 6.45) is 1.58. The molecule has 0 radical (unpaired) electrons. The van der Waals surface area contributed by atoms with Gasteiger partial charge in [-0.2, -0.15) is 5.10 Å². The van der Waals surface area contributed by atoms with Crippen LogP contribution in [0.25, 0.3) is 22.4 Å². The molecule has 5 aromatic rings. The smallest absolute Gasteiger partial charge is 0.211 e. The van der Waals surface area contributed by atoms with Gasteiger partial charge in [0.25, 0.3) is 0 Å². The summed E-state index contributed by atoms with van der Waals surface area (Å²) in [6.45, 7) is 0. The lowest BCUT2D eigenvalue weighted by atomic mass is 10.2. The topological polar surface area (TPSA) is 72.2 Å². The first-order valence-electron chi connectivity index (χ1n) is 9.92. The van der Waals surface area contributed by atoms with Crippen LogP contribution in [0.3, 0.4) is 0 Å². The molecule has 0 amide bonds. The van der Waals surface area contributed by atoms with E-state index in [1.807, 2.05) is 66.0 Å². The Morgan fingerprint density at radius 2 is 1.81 bits per heavy atom. The molecule has 0 aliphatic heterocycles. The van der Waals surface area contributed by atoms with Crippen molar-refractivity contribution in [2.75, 3.05) is 7.11 Å². The number of para-hydroxylation sites is 2. The van der Waals surface area contributed by atoms with Gasteiger partial charge in [-0.3, -0.25) is 0 Å². The number of thiazole rings is 1. The summed E-state index contributed by atoms with van der Waals surface area (Å²) in [5, 5.41) is 17.9. The predicted molar refractivity (Wildman–Crippen MR) is 127 cm³/mol. The molecule has 0 spiro atoms. The number of fused-ring (bicyclic) bond motifs is 1. The molecule has 0 unspecified atom stereocenters. The molecular formula is C25H19N3O3S.